The van der Waals surface area contributed by atoms with Crippen molar-refractivity contribution < 1.29 is 5.11 Å². The molecular formula is C8H23N4OP. The van der Waals surface area contributed by atoms with Crippen LogP contribution >= 0.6 is 7.51 Å². The van der Waals surface area contributed by atoms with E-state index in [-0.39, 0.29) is 0 Å². The van der Waals surface area contributed by atoms with Crippen molar-refractivity contribution in [1.82, 2.24) is 14.0 Å². The first-order chi connectivity index (χ1) is 6.25. The van der Waals surface area contributed by atoms with Gasteiger partial charge in [-0.1, -0.05) is 0 Å². The van der Waals surface area contributed by atoms with E-state index in [0.29, 0.717) is 0 Å². The van der Waals surface area contributed by atoms with Gasteiger partial charge in [-0.25, -0.2) is 4.74 Å². The lowest BCUT2D eigenvalue weighted by atomic mass is 10.7. The fourth-order valence-corrected chi connectivity index (χ4v) is 4.82. The molecule has 0 amide bonds. The van der Waals surface area contributed by atoms with Gasteiger partial charge in [0.25, 0.3) is 0 Å². The number of aliphatic hydroxyl groups is 1. The van der Waals surface area contributed by atoms with E-state index in [0.717, 1.165) is 0 Å². The van der Waals surface area contributed by atoms with Gasteiger partial charge in [-0.15, -0.1) is 0 Å². The van der Waals surface area contributed by atoms with Crippen molar-refractivity contribution in [3.63, 3.8) is 0 Å². The maximum absolute atomic E-state index is 9.42. The first-order valence-electron chi connectivity index (χ1n) is 4.58. The summed E-state index contributed by atoms with van der Waals surface area (Å²) < 4.78 is 10.7. The highest BCUT2D eigenvalue weighted by Crippen LogP contribution is 2.55. The smallest absolute Gasteiger partial charge is 0.168 e. The molecule has 86 valence electrons. The van der Waals surface area contributed by atoms with Crippen LogP contribution in [0.2, 0.25) is 0 Å². The van der Waals surface area contributed by atoms with Gasteiger partial charge in [0.15, 0.2) is 7.51 Å². The largest absolute Gasteiger partial charge is 0.372 e. The lowest BCUT2D eigenvalue weighted by molar-refractivity contribution is 0.204. The second-order valence-electron chi connectivity index (χ2n) is 3.83. The Morgan fingerprint density at radius 1 is 0.929 bits per heavy atom. The molecule has 0 bridgehead atoms. The summed E-state index contributed by atoms with van der Waals surface area (Å²) in [4.78, 5) is 0. The fourth-order valence-electron chi connectivity index (χ4n) is 1.61. The molecule has 0 rings (SSSR count). The SMILES string of the molecule is CC(O)N=P(N(C)C)(N(C)C)N(C)C. The highest BCUT2D eigenvalue weighted by atomic mass is 31.2. The van der Waals surface area contributed by atoms with E-state index in [1.54, 1.807) is 6.92 Å². The van der Waals surface area contributed by atoms with Crippen LogP contribution < -0.4 is 0 Å². The molecule has 0 spiro atoms. The van der Waals surface area contributed by atoms with Gasteiger partial charge in [0.1, 0.15) is 6.23 Å². The van der Waals surface area contributed by atoms with Crippen LogP contribution in [-0.4, -0.2) is 67.6 Å². The average Bonchev–Trinajstić information content (AvgIpc) is 1.97. The van der Waals surface area contributed by atoms with Crippen LogP contribution in [-0.2, 0) is 0 Å². The van der Waals surface area contributed by atoms with Crippen LogP contribution in [0.3, 0.4) is 0 Å². The molecule has 1 unspecified atom stereocenters. The molecule has 0 saturated heterocycles. The quantitative estimate of drug-likeness (QED) is 0.719. The van der Waals surface area contributed by atoms with Gasteiger partial charge < -0.3 is 5.11 Å². The van der Waals surface area contributed by atoms with Crippen LogP contribution in [0, 0.1) is 0 Å². The van der Waals surface area contributed by atoms with Crippen molar-refractivity contribution in [2.24, 2.45) is 4.74 Å². The molecular weight excluding hydrogens is 199 g/mol. The molecule has 0 aromatic rings. The van der Waals surface area contributed by atoms with Gasteiger partial charge in [0.05, 0.1) is 0 Å². The summed E-state index contributed by atoms with van der Waals surface area (Å²) in [5, 5.41) is 9.42. The van der Waals surface area contributed by atoms with Crippen molar-refractivity contribution in [1.29, 1.82) is 0 Å². The minimum absolute atomic E-state index is 0.643. The second kappa shape index (κ2) is 5.24. The summed E-state index contributed by atoms with van der Waals surface area (Å²) in [5.74, 6) is 0. The van der Waals surface area contributed by atoms with Gasteiger partial charge in [-0.3, -0.25) is 14.0 Å². The molecule has 0 saturated carbocycles. The molecule has 0 aliphatic carbocycles. The number of aliphatic hydroxyl groups excluding tert-OH is 1. The Morgan fingerprint density at radius 2 is 1.21 bits per heavy atom. The number of hydrogen-bond acceptors (Lipinski definition) is 2. The molecule has 0 heterocycles. The third-order valence-electron chi connectivity index (χ3n) is 1.93. The third-order valence-corrected chi connectivity index (χ3v) is 5.80. The first kappa shape index (κ1) is 14.1. The number of nitrogens with zero attached hydrogens (tertiary/aromatic N) is 4. The molecule has 0 aliphatic rings. The lowest BCUT2D eigenvalue weighted by Gasteiger charge is -2.41. The standard InChI is InChI=1S/C8H23N4OP/c1-8(13)9-14(10(2)3,11(4)5)12(6)7/h8,13H,1-7H3. The summed E-state index contributed by atoms with van der Waals surface area (Å²) in [6, 6.07) is 0. The van der Waals surface area contributed by atoms with Crippen molar-refractivity contribution in [3.8, 4) is 0 Å². The number of rotatable bonds is 4. The van der Waals surface area contributed by atoms with Crippen molar-refractivity contribution in [3.05, 3.63) is 0 Å². The van der Waals surface area contributed by atoms with Crippen LogP contribution in [0.4, 0.5) is 0 Å². The van der Waals surface area contributed by atoms with E-state index in [4.69, 9.17) is 0 Å². The second-order valence-corrected chi connectivity index (χ2v) is 7.53. The van der Waals surface area contributed by atoms with Crippen LogP contribution in [0.15, 0.2) is 4.74 Å². The van der Waals surface area contributed by atoms with Gasteiger partial charge in [-0.05, 0) is 49.2 Å². The highest BCUT2D eigenvalue weighted by molar-refractivity contribution is 7.59. The summed E-state index contributed by atoms with van der Waals surface area (Å²) >= 11 is 0. The lowest BCUT2D eigenvalue weighted by Crippen LogP contribution is -2.31. The zero-order valence-corrected chi connectivity index (χ0v) is 11.2. The van der Waals surface area contributed by atoms with E-state index in [1.807, 2.05) is 42.3 Å². The molecule has 6 heteroatoms. The predicted octanol–water partition coefficient (Wildman–Crippen LogP) is 0.956. The molecule has 14 heavy (non-hydrogen) atoms. The Kier molecular flexibility index (Phi) is 5.26. The van der Waals surface area contributed by atoms with Gasteiger partial charge in [0.2, 0.25) is 0 Å². The molecule has 0 radical (unpaired) electrons. The van der Waals surface area contributed by atoms with E-state index < -0.39 is 13.7 Å². The Labute approximate surface area is 87.5 Å². The average molecular weight is 222 g/mol. The molecule has 0 aromatic carbocycles. The summed E-state index contributed by atoms with van der Waals surface area (Å²) in [6.07, 6.45) is -0.643. The predicted molar refractivity (Wildman–Crippen MR) is 62.1 cm³/mol. The van der Waals surface area contributed by atoms with E-state index >= 15 is 0 Å². The Balaban J connectivity index is 5.40. The van der Waals surface area contributed by atoms with Gasteiger partial charge in [-0.2, -0.15) is 0 Å². The summed E-state index contributed by atoms with van der Waals surface area (Å²) in [5.41, 5.74) is 0. The summed E-state index contributed by atoms with van der Waals surface area (Å²) in [6.45, 7) is 1.69. The van der Waals surface area contributed by atoms with Gasteiger partial charge in [0, 0.05) is 0 Å². The van der Waals surface area contributed by atoms with Gasteiger partial charge >= 0.3 is 0 Å². The maximum Gasteiger partial charge on any atom is 0.168 e. The topological polar surface area (TPSA) is 42.3 Å². The summed E-state index contributed by atoms with van der Waals surface area (Å²) in [7, 11) is 10.0. The van der Waals surface area contributed by atoms with E-state index in [9.17, 15) is 5.11 Å². The van der Waals surface area contributed by atoms with Crippen LogP contribution in [0.1, 0.15) is 6.92 Å². The Hall–Kier alpha value is 0.0700. The zero-order valence-electron chi connectivity index (χ0n) is 10.3. The van der Waals surface area contributed by atoms with Crippen LogP contribution in [0.25, 0.3) is 0 Å². The highest BCUT2D eigenvalue weighted by Gasteiger charge is 2.28. The third kappa shape index (κ3) is 2.78. The molecule has 1 atom stereocenters. The minimum atomic E-state index is -1.89. The maximum atomic E-state index is 9.42. The van der Waals surface area contributed by atoms with Crippen LogP contribution in [0.5, 0.6) is 0 Å². The molecule has 0 aliphatic heterocycles. The minimum Gasteiger partial charge on any atom is -0.372 e. The van der Waals surface area contributed by atoms with Crippen molar-refractivity contribution >= 4 is 7.51 Å². The fraction of sp³-hybridized carbons (Fsp3) is 1.00. The molecule has 1 N–H and O–H groups in total. The van der Waals surface area contributed by atoms with Crippen molar-refractivity contribution in [2.75, 3.05) is 42.3 Å². The van der Waals surface area contributed by atoms with E-state index in [1.165, 1.54) is 0 Å². The molecule has 5 nitrogen and oxygen atoms in total. The zero-order chi connectivity index (χ0) is 11.5. The van der Waals surface area contributed by atoms with Crippen molar-refractivity contribution in [2.45, 2.75) is 13.2 Å². The Morgan fingerprint density at radius 3 is 1.29 bits per heavy atom. The molecule has 0 aromatic heterocycles. The number of hydrogen-bond donors (Lipinski definition) is 1. The van der Waals surface area contributed by atoms with E-state index in [2.05, 4.69) is 18.8 Å². The normalized spacial score (nSPS) is 15.4. The Bertz CT molecular complexity index is 197. The monoisotopic (exact) mass is 222 g/mol. The molecule has 0 fully saturated rings. The first-order valence-corrected chi connectivity index (χ1v) is 6.18.